The summed E-state index contributed by atoms with van der Waals surface area (Å²) in [6, 6.07) is 14.9. The molecule has 1 aromatic carbocycles. The van der Waals surface area contributed by atoms with Crippen LogP contribution in [0.15, 0.2) is 70.0 Å². The topological polar surface area (TPSA) is 93.3 Å². The minimum atomic E-state index is -0.472. The number of anilines is 1. The Morgan fingerprint density at radius 1 is 1.03 bits per heavy atom. The van der Waals surface area contributed by atoms with Crippen molar-refractivity contribution in [1.29, 1.82) is 0 Å². The van der Waals surface area contributed by atoms with Crippen molar-refractivity contribution in [2.24, 2.45) is 0 Å². The molecule has 0 unspecified atom stereocenters. The quantitative estimate of drug-likeness (QED) is 0.644. The summed E-state index contributed by atoms with van der Waals surface area (Å²) in [6.45, 7) is 4.12. The first-order valence-corrected chi connectivity index (χ1v) is 9.43. The lowest BCUT2D eigenvalue weighted by molar-refractivity contribution is 0.0940. The van der Waals surface area contributed by atoms with Gasteiger partial charge in [-0.05, 0) is 43.7 Å². The largest absolute Gasteiger partial charge is 0.454 e. The minimum absolute atomic E-state index is 0.0280. The van der Waals surface area contributed by atoms with E-state index in [2.05, 4.69) is 10.6 Å². The third-order valence-corrected chi connectivity index (χ3v) is 4.52. The van der Waals surface area contributed by atoms with Gasteiger partial charge in [-0.3, -0.25) is 14.4 Å². The van der Waals surface area contributed by atoms with Crippen LogP contribution in [0, 0.1) is 0 Å². The van der Waals surface area contributed by atoms with E-state index in [0.717, 1.165) is 6.42 Å². The van der Waals surface area contributed by atoms with Gasteiger partial charge in [-0.25, -0.2) is 0 Å². The normalized spacial score (nSPS) is 11.7. The van der Waals surface area contributed by atoms with Gasteiger partial charge in [-0.2, -0.15) is 0 Å². The third kappa shape index (κ3) is 5.01. The summed E-state index contributed by atoms with van der Waals surface area (Å²) < 4.78 is 7.07. The van der Waals surface area contributed by atoms with Gasteiger partial charge in [-0.1, -0.05) is 25.1 Å². The number of rotatable bonds is 7. The van der Waals surface area contributed by atoms with Crippen molar-refractivity contribution in [1.82, 2.24) is 9.88 Å². The van der Waals surface area contributed by atoms with E-state index in [9.17, 15) is 14.4 Å². The van der Waals surface area contributed by atoms with Crippen LogP contribution in [0.2, 0.25) is 0 Å². The molecule has 0 saturated heterocycles. The second kappa shape index (κ2) is 9.05. The molecule has 7 nitrogen and oxygen atoms in total. The first kappa shape index (κ1) is 20.1. The molecular formula is C22H23N3O4. The Kier molecular flexibility index (Phi) is 6.29. The van der Waals surface area contributed by atoms with E-state index in [1.807, 2.05) is 13.8 Å². The standard InChI is InChI=1S/C22H23N3O4/c1-3-15(2)23-21(27)17-8-4-5-9-18(17)24-22(28)19-12-11-16(29-19)14-25-13-7-6-10-20(25)26/h4-13,15H,3,14H2,1-2H3,(H,23,27)(H,24,28)/t15-/m0/s1. The van der Waals surface area contributed by atoms with Crippen LogP contribution in [0.25, 0.3) is 0 Å². The van der Waals surface area contributed by atoms with Crippen LogP contribution in [0.3, 0.4) is 0 Å². The van der Waals surface area contributed by atoms with E-state index >= 15 is 0 Å². The number of nitrogens with zero attached hydrogens (tertiary/aromatic N) is 1. The molecule has 0 aliphatic carbocycles. The van der Waals surface area contributed by atoms with E-state index in [-0.39, 0.29) is 29.8 Å². The van der Waals surface area contributed by atoms with E-state index in [1.54, 1.807) is 54.7 Å². The molecule has 7 heteroatoms. The molecule has 2 heterocycles. The fourth-order valence-electron chi connectivity index (χ4n) is 2.72. The molecule has 29 heavy (non-hydrogen) atoms. The number of hydrogen-bond acceptors (Lipinski definition) is 4. The average Bonchev–Trinajstić information content (AvgIpc) is 3.18. The molecule has 0 fully saturated rings. The monoisotopic (exact) mass is 393 g/mol. The van der Waals surface area contributed by atoms with Crippen molar-refractivity contribution >= 4 is 17.5 Å². The van der Waals surface area contributed by atoms with Crippen LogP contribution in [0.4, 0.5) is 5.69 Å². The van der Waals surface area contributed by atoms with Crippen molar-refractivity contribution in [3.05, 3.63) is 88.2 Å². The SMILES string of the molecule is CC[C@H](C)NC(=O)c1ccccc1NC(=O)c1ccc(Cn2ccccc2=O)o1. The number of nitrogens with one attached hydrogen (secondary N) is 2. The van der Waals surface area contributed by atoms with Gasteiger partial charge in [0.2, 0.25) is 0 Å². The lowest BCUT2D eigenvalue weighted by Gasteiger charge is -2.14. The van der Waals surface area contributed by atoms with Crippen LogP contribution in [-0.2, 0) is 6.54 Å². The Balaban J connectivity index is 1.73. The second-order valence-corrected chi connectivity index (χ2v) is 6.72. The first-order chi connectivity index (χ1) is 14.0. The highest BCUT2D eigenvalue weighted by Gasteiger charge is 2.17. The number of carbonyl (C=O) groups excluding carboxylic acids is 2. The molecule has 3 aromatic rings. The molecule has 2 N–H and O–H groups in total. The second-order valence-electron chi connectivity index (χ2n) is 6.72. The van der Waals surface area contributed by atoms with E-state index in [1.165, 1.54) is 10.6 Å². The van der Waals surface area contributed by atoms with E-state index in [0.29, 0.717) is 17.0 Å². The van der Waals surface area contributed by atoms with Gasteiger partial charge in [0, 0.05) is 18.3 Å². The maximum atomic E-state index is 12.6. The summed E-state index contributed by atoms with van der Waals surface area (Å²) in [5.74, 6) is -0.147. The lowest BCUT2D eigenvalue weighted by atomic mass is 10.1. The molecule has 0 bridgehead atoms. The number of para-hydroxylation sites is 1. The summed E-state index contributed by atoms with van der Waals surface area (Å²) in [4.78, 5) is 36.9. The van der Waals surface area contributed by atoms with Crippen molar-refractivity contribution in [3.63, 3.8) is 0 Å². The fourth-order valence-corrected chi connectivity index (χ4v) is 2.72. The number of carbonyl (C=O) groups is 2. The number of hydrogen-bond donors (Lipinski definition) is 2. The molecule has 0 spiro atoms. The van der Waals surface area contributed by atoms with Gasteiger partial charge in [0.05, 0.1) is 17.8 Å². The van der Waals surface area contributed by atoms with Crippen LogP contribution in [-0.4, -0.2) is 22.4 Å². The Labute approximate surface area is 168 Å². The molecule has 3 rings (SSSR count). The number of amides is 2. The van der Waals surface area contributed by atoms with Crippen LogP contribution in [0.5, 0.6) is 0 Å². The van der Waals surface area contributed by atoms with Gasteiger partial charge in [0.15, 0.2) is 5.76 Å². The van der Waals surface area contributed by atoms with Crippen molar-refractivity contribution in [2.45, 2.75) is 32.9 Å². The molecule has 1 atom stereocenters. The number of aromatic nitrogens is 1. The molecular weight excluding hydrogens is 370 g/mol. The highest BCUT2D eigenvalue weighted by Crippen LogP contribution is 2.18. The number of furan rings is 1. The molecule has 2 amide bonds. The Morgan fingerprint density at radius 3 is 2.55 bits per heavy atom. The zero-order valence-corrected chi connectivity index (χ0v) is 16.3. The van der Waals surface area contributed by atoms with Crippen LogP contribution < -0.4 is 16.2 Å². The Morgan fingerprint density at radius 2 is 1.79 bits per heavy atom. The van der Waals surface area contributed by atoms with Gasteiger partial charge in [0.1, 0.15) is 5.76 Å². The summed E-state index contributed by atoms with van der Waals surface area (Å²) >= 11 is 0. The smallest absolute Gasteiger partial charge is 0.291 e. The zero-order chi connectivity index (χ0) is 20.8. The van der Waals surface area contributed by atoms with Gasteiger partial charge in [-0.15, -0.1) is 0 Å². The first-order valence-electron chi connectivity index (χ1n) is 9.43. The van der Waals surface area contributed by atoms with Gasteiger partial charge >= 0.3 is 0 Å². The van der Waals surface area contributed by atoms with Gasteiger partial charge in [0.25, 0.3) is 17.4 Å². The molecule has 0 aliphatic rings. The maximum Gasteiger partial charge on any atom is 0.291 e. The van der Waals surface area contributed by atoms with E-state index in [4.69, 9.17) is 4.42 Å². The fraction of sp³-hybridized carbons (Fsp3) is 0.227. The Hall–Kier alpha value is -3.61. The highest BCUT2D eigenvalue weighted by atomic mass is 16.4. The minimum Gasteiger partial charge on any atom is -0.454 e. The summed E-state index contributed by atoms with van der Waals surface area (Å²) in [7, 11) is 0. The third-order valence-electron chi connectivity index (χ3n) is 4.52. The maximum absolute atomic E-state index is 12.6. The zero-order valence-electron chi connectivity index (χ0n) is 16.3. The van der Waals surface area contributed by atoms with E-state index < -0.39 is 5.91 Å². The molecule has 0 saturated carbocycles. The van der Waals surface area contributed by atoms with Gasteiger partial charge < -0.3 is 19.6 Å². The van der Waals surface area contributed by atoms with Crippen molar-refractivity contribution in [2.75, 3.05) is 5.32 Å². The highest BCUT2D eigenvalue weighted by molar-refractivity contribution is 6.07. The molecule has 150 valence electrons. The average molecular weight is 393 g/mol. The lowest BCUT2D eigenvalue weighted by Crippen LogP contribution is -2.32. The molecule has 0 radical (unpaired) electrons. The van der Waals surface area contributed by atoms with Crippen molar-refractivity contribution in [3.8, 4) is 0 Å². The Bertz CT molecular complexity index is 1070. The number of pyridine rings is 1. The summed E-state index contributed by atoms with van der Waals surface area (Å²) in [5.41, 5.74) is 0.621. The molecule has 0 aliphatic heterocycles. The van der Waals surface area contributed by atoms with Crippen LogP contribution >= 0.6 is 0 Å². The van der Waals surface area contributed by atoms with Crippen LogP contribution in [0.1, 0.15) is 46.9 Å². The summed E-state index contributed by atoms with van der Waals surface area (Å²) in [6.07, 6.45) is 2.46. The summed E-state index contributed by atoms with van der Waals surface area (Å²) in [5, 5.41) is 5.62. The van der Waals surface area contributed by atoms with Crippen molar-refractivity contribution < 1.29 is 14.0 Å². The predicted octanol–water partition coefficient (Wildman–Crippen LogP) is 3.27. The molecule has 2 aromatic heterocycles. The predicted molar refractivity (Wildman–Crippen MR) is 110 cm³/mol. The number of benzene rings is 1.